The molecule has 0 saturated carbocycles. The maximum Gasteiger partial charge on any atom is 0.250 e. The zero-order valence-corrected chi connectivity index (χ0v) is 11.9. The van der Waals surface area contributed by atoms with Gasteiger partial charge in [-0.15, -0.1) is 0 Å². The first kappa shape index (κ1) is 12.5. The van der Waals surface area contributed by atoms with E-state index >= 15 is 0 Å². The second-order valence-electron chi connectivity index (χ2n) is 5.75. The van der Waals surface area contributed by atoms with Gasteiger partial charge in [-0.05, 0) is 30.5 Å². The Hall–Kier alpha value is -2.29. The number of nitrogens with zero attached hydrogens (tertiary/aromatic N) is 2. The van der Waals surface area contributed by atoms with Gasteiger partial charge in [0.15, 0.2) is 0 Å². The van der Waals surface area contributed by atoms with Gasteiger partial charge >= 0.3 is 0 Å². The van der Waals surface area contributed by atoms with Crippen LogP contribution in [0.4, 0.5) is 11.4 Å². The smallest absolute Gasteiger partial charge is 0.250 e. The first-order valence-electron chi connectivity index (χ1n) is 7.55. The van der Waals surface area contributed by atoms with E-state index in [-0.39, 0.29) is 11.9 Å². The van der Waals surface area contributed by atoms with Crippen LogP contribution in [-0.4, -0.2) is 18.5 Å². The van der Waals surface area contributed by atoms with Crippen LogP contribution < -0.4 is 9.80 Å². The van der Waals surface area contributed by atoms with E-state index in [0.29, 0.717) is 6.54 Å². The molecule has 21 heavy (non-hydrogen) atoms. The van der Waals surface area contributed by atoms with Gasteiger partial charge in [0.05, 0.1) is 17.9 Å². The van der Waals surface area contributed by atoms with E-state index in [9.17, 15) is 4.79 Å². The number of carbonyl (C=O) groups is 1. The van der Waals surface area contributed by atoms with Crippen molar-refractivity contribution in [2.45, 2.75) is 25.4 Å². The van der Waals surface area contributed by atoms with Crippen molar-refractivity contribution in [1.29, 1.82) is 0 Å². The Balaban J connectivity index is 1.76. The Morgan fingerprint density at radius 2 is 1.67 bits per heavy atom. The molecule has 106 valence electrons. The van der Waals surface area contributed by atoms with E-state index in [0.717, 1.165) is 25.1 Å². The fraction of sp³-hybridized carbons (Fsp3) is 0.278. The summed E-state index contributed by atoms with van der Waals surface area (Å²) < 4.78 is 0. The highest BCUT2D eigenvalue weighted by Gasteiger charge is 2.40. The number of hydrogen-bond donors (Lipinski definition) is 0. The number of fused-ring (bicyclic) bond motifs is 3. The molecule has 1 fully saturated rings. The average Bonchev–Trinajstić information content (AvgIpc) is 3.02. The van der Waals surface area contributed by atoms with Gasteiger partial charge in [-0.3, -0.25) is 4.79 Å². The highest BCUT2D eigenvalue weighted by atomic mass is 16.2. The minimum Gasteiger partial charge on any atom is -0.358 e. The highest BCUT2D eigenvalue weighted by Crippen LogP contribution is 2.40. The monoisotopic (exact) mass is 278 g/mol. The number of hydrogen-bond acceptors (Lipinski definition) is 2. The van der Waals surface area contributed by atoms with Crippen molar-refractivity contribution in [2.24, 2.45) is 0 Å². The molecule has 0 radical (unpaired) electrons. The zero-order chi connectivity index (χ0) is 14.2. The van der Waals surface area contributed by atoms with Crippen LogP contribution in [0.5, 0.6) is 0 Å². The predicted molar refractivity (Wildman–Crippen MR) is 84.4 cm³/mol. The minimum atomic E-state index is 0.0311. The molecule has 0 aliphatic carbocycles. The van der Waals surface area contributed by atoms with Gasteiger partial charge in [0, 0.05) is 6.54 Å². The molecule has 1 saturated heterocycles. The first-order valence-corrected chi connectivity index (χ1v) is 7.55. The molecule has 2 aliphatic rings. The van der Waals surface area contributed by atoms with Gasteiger partial charge in [0.25, 0.3) is 0 Å². The molecule has 1 atom stereocenters. The topological polar surface area (TPSA) is 23.6 Å². The summed E-state index contributed by atoms with van der Waals surface area (Å²) in [6.07, 6.45) is 2.07. The number of benzene rings is 2. The van der Waals surface area contributed by atoms with Crippen LogP contribution in [-0.2, 0) is 11.3 Å². The number of para-hydroxylation sites is 2. The molecule has 2 heterocycles. The lowest BCUT2D eigenvalue weighted by atomic mass is 10.1. The normalized spacial score (nSPS) is 20.4. The fourth-order valence-corrected chi connectivity index (χ4v) is 3.47. The summed E-state index contributed by atoms with van der Waals surface area (Å²) >= 11 is 0. The maximum atomic E-state index is 12.9. The number of carbonyl (C=O) groups excluding carboxylic acids is 1. The van der Waals surface area contributed by atoms with Crippen LogP contribution in [0.25, 0.3) is 0 Å². The van der Waals surface area contributed by atoms with Crippen molar-refractivity contribution in [2.75, 3.05) is 16.3 Å². The second kappa shape index (κ2) is 4.92. The molecular formula is C18H18N2O. The molecule has 2 aromatic carbocycles. The predicted octanol–water partition coefficient (Wildman–Crippen LogP) is 3.20. The molecule has 4 rings (SSSR count). The Bertz CT molecular complexity index is 668. The molecule has 0 bridgehead atoms. The zero-order valence-electron chi connectivity index (χ0n) is 11.9. The SMILES string of the molecule is O=C1[C@@H]2CCCN2c2ccccc2N1Cc1ccccc1. The van der Waals surface area contributed by atoms with Crippen LogP contribution in [0.3, 0.4) is 0 Å². The lowest BCUT2D eigenvalue weighted by Crippen LogP contribution is -2.50. The van der Waals surface area contributed by atoms with Gasteiger partial charge < -0.3 is 9.80 Å². The molecule has 0 unspecified atom stereocenters. The van der Waals surface area contributed by atoms with Crippen LogP contribution >= 0.6 is 0 Å². The number of anilines is 2. The molecule has 0 spiro atoms. The van der Waals surface area contributed by atoms with Gasteiger partial charge in [-0.25, -0.2) is 0 Å². The van der Waals surface area contributed by atoms with Crippen molar-refractivity contribution >= 4 is 17.3 Å². The largest absolute Gasteiger partial charge is 0.358 e. The quantitative estimate of drug-likeness (QED) is 0.842. The van der Waals surface area contributed by atoms with Gasteiger partial charge in [0.1, 0.15) is 6.04 Å². The third-order valence-electron chi connectivity index (χ3n) is 4.47. The number of amides is 1. The summed E-state index contributed by atoms with van der Waals surface area (Å²) in [6, 6.07) is 18.5. The third-order valence-corrected chi connectivity index (χ3v) is 4.47. The molecular weight excluding hydrogens is 260 g/mol. The average molecular weight is 278 g/mol. The van der Waals surface area contributed by atoms with E-state index < -0.39 is 0 Å². The summed E-state index contributed by atoms with van der Waals surface area (Å²) in [4.78, 5) is 17.1. The van der Waals surface area contributed by atoms with E-state index in [2.05, 4.69) is 35.2 Å². The van der Waals surface area contributed by atoms with Gasteiger partial charge in [-0.1, -0.05) is 42.5 Å². The van der Waals surface area contributed by atoms with Crippen LogP contribution in [0, 0.1) is 0 Å². The van der Waals surface area contributed by atoms with Crippen LogP contribution in [0.1, 0.15) is 18.4 Å². The van der Waals surface area contributed by atoms with Crippen molar-refractivity contribution in [1.82, 2.24) is 0 Å². The summed E-state index contributed by atoms with van der Waals surface area (Å²) in [5, 5.41) is 0. The lowest BCUT2D eigenvalue weighted by molar-refractivity contribution is -0.120. The minimum absolute atomic E-state index is 0.0311. The van der Waals surface area contributed by atoms with E-state index in [4.69, 9.17) is 0 Å². The fourth-order valence-electron chi connectivity index (χ4n) is 3.47. The summed E-state index contributed by atoms with van der Waals surface area (Å²) in [5.74, 6) is 0.245. The van der Waals surface area contributed by atoms with Crippen molar-refractivity contribution < 1.29 is 4.79 Å². The van der Waals surface area contributed by atoms with Crippen molar-refractivity contribution in [3.05, 3.63) is 60.2 Å². The van der Waals surface area contributed by atoms with Crippen LogP contribution in [0.15, 0.2) is 54.6 Å². The summed E-state index contributed by atoms with van der Waals surface area (Å²) in [6.45, 7) is 1.65. The third kappa shape index (κ3) is 2.00. The lowest BCUT2D eigenvalue weighted by Gasteiger charge is -2.39. The van der Waals surface area contributed by atoms with Crippen molar-refractivity contribution in [3.63, 3.8) is 0 Å². The Morgan fingerprint density at radius 3 is 2.48 bits per heavy atom. The van der Waals surface area contributed by atoms with E-state index in [1.165, 1.54) is 11.3 Å². The molecule has 2 aliphatic heterocycles. The van der Waals surface area contributed by atoms with Gasteiger partial charge in [0.2, 0.25) is 5.91 Å². The highest BCUT2D eigenvalue weighted by molar-refractivity contribution is 6.05. The van der Waals surface area contributed by atoms with Crippen molar-refractivity contribution in [3.8, 4) is 0 Å². The Morgan fingerprint density at radius 1 is 0.952 bits per heavy atom. The Labute approximate surface area is 124 Å². The molecule has 2 aromatic rings. The molecule has 0 N–H and O–H groups in total. The summed E-state index contributed by atoms with van der Waals surface area (Å²) in [5.41, 5.74) is 3.42. The van der Waals surface area contributed by atoms with E-state index in [1.54, 1.807) is 0 Å². The maximum absolute atomic E-state index is 12.9. The van der Waals surface area contributed by atoms with Crippen LogP contribution in [0.2, 0.25) is 0 Å². The molecule has 1 amide bonds. The molecule has 3 heteroatoms. The van der Waals surface area contributed by atoms with Gasteiger partial charge in [-0.2, -0.15) is 0 Å². The molecule has 0 aromatic heterocycles. The standard InChI is InChI=1S/C18H18N2O/c21-18-17-11-6-12-19(17)15-9-4-5-10-16(15)20(18)13-14-7-2-1-3-8-14/h1-5,7-10,17H,6,11-13H2/t17-/m0/s1. The van der Waals surface area contributed by atoms with E-state index in [1.807, 2.05) is 29.2 Å². The first-order chi connectivity index (χ1) is 10.3. The molecule has 3 nitrogen and oxygen atoms in total. The Kier molecular flexibility index (Phi) is 2.92. The summed E-state index contributed by atoms with van der Waals surface area (Å²) in [7, 11) is 0. The second-order valence-corrected chi connectivity index (χ2v) is 5.75. The number of rotatable bonds is 2.